The van der Waals surface area contributed by atoms with E-state index in [2.05, 4.69) is 27.5 Å². The quantitative estimate of drug-likeness (QED) is 0.733. The highest BCUT2D eigenvalue weighted by Crippen LogP contribution is 2.22. The second kappa shape index (κ2) is 8.59. The van der Waals surface area contributed by atoms with Gasteiger partial charge in [-0.1, -0.05) is 31.4 Å². The molecular weight excluding hydrogens is 331 g/mol. The number of anilines is 2. The first-order valence-corrected chi connectivity index (χ1v) is 8.23. The van der Waals surface area contributed by atoms with Crippen molar-refractivity contribution in [2.45, 2.75) is 33.1 Å². The zero-order chi connectivity index (χ0) is 17.5. The average Bonchev–Trinajstić information content (AvgIpc) is 2.54. The van der Waals surface area contributed by atoms with E-state index >= 15 is 0 Å². The summed E-state index contributed by atoms with van der Waals surface area (Å²) in [6.07, 6.45) is 3.10. The van der Waals surface area contributed by atoms with Gasteiger partial charge in [-0.15, -0.1) is 0 Å². The summed E-state index contributed by atoms with van der Waals surface area (Å²) in [7, 11) is 0. The Morgan fingerprint density at radius 2 is 2.04 bits per heavy atom. The van der Waals surface area contributed by atoms with Gasteiger partial charge in [0.15, 0.2) is 0 Å². The van der Waals surface area contributed by atoms with E-state index in [1.807, 2.05) is 0 Å². The van der Waals surface area contributed by atoms with Crippen LogP contribution in [0.25, 0.3) is 0 Å². The van der Waals surface area contributed by atoms with E-state index in [4.69, 9.17) is 11.6 Å². The van der Waals surface area contributed by atoms with Crippen LogP contribution < -0.4 is 10.6 Å². The minimum atomic E-state index is -0.492. The summed E-state index contributed by atoms with van der Waals surface area (Å²) in [6.45, 7) is 4.43. The Morgan fingerprint density at radius 3 is 2.75 bits per heavy atom. The third-order valence-electron chi connectivity index (χ3n) is 3.33. The summed E-state index contributed by atoms with van der Waals surface area (Å²) in [5, 5.41) is 5.86. The van der Waals surface area contributed by atoms with Gasteiger partial charge in [0, 0.05) is 18.3 Å². The maximum absolute atomic E-state index is 13.2. The Labute approximate surface area is 145 Å². The molecule has 1 heterocycles. The summed E-state index contributed by atoms with van der Waals surface area (Å²) < 4.78 is 13.2. The number of benzene rings is 1. The Morgan fingerprint density at radius 1 is 1.25 bits per heavy atom. The molecular formula is C17H20ClFN4O. The number of aryl methyl sites for hydroxylation is 1. The normalized spacial score (nSPS) is 10.5. The highest BCUT2D eigenvalue weighted by Gasteiger charge is 2.10. The number of amides is 1. The summed E-state index contributed by atoms with van der Waals surface area (Å²) in [5.41, 5.74) is 0.864. The number of carbonyl (C=O) groups is 1. The molecule has 0 radical (unpaired) electrons. The van der Waals surface area contributed by atoms with Crippen molar-refractivity contribution in [3.63, 3.8) is 0 Å². The van der Waals surface area contributed by atoms with E-state index in [1.54, 1.807) is 19.1 Å². The summed E-state index contributed by atoms with van der Waals surface area (Å²) >= 11 is 5.76. The fourth-order valence-corrected chi connectivity index (χ4v) is 2.32. The van der Waals surface area contributed by atoms with Crippen molar-refractivity contribution in [3.05, 3.63) is 46.6 Å². The van der Waals surface area contributed by atoms with Crippen LogP contribution in [-0.4, -0.2) is 22.4 Å². The minimum Gasteiger partial charge on any atom is -0.351 e. The number of halogens is 2. The lowest BCUT2D eigenvalue weighted by molar-refractivity contribution is 0.0947. The number of hydrogen-bond acceptors (Lipinski definition) is 4. The largest absolute Gasteiger partial charge is 0.351 e. The molecule has 2 N–H and O–H groups in total. The van der Waals surface area contributed by atoms with Crippen LogP contribution >= 0.6 is 11.6 Å². The van der Waals surface area contributed by atoms with Gasteiger partial charge in [0.25, 0.3) is 5.91 Å². The molecule has 0 bridgehead atoms. The number of hydrogen-bond donors (Lipinski definition) is 2. The van der Waals surface area contributed by atoms with Crippen molar-refractivity contribution < 1.29 is 9.18 Å². The molecule has 1 aromatic carbocycles. The third kappa shape index (κ3) is 5.16. The van der Waals surface area contributed by atoms with Crippen molar-refractivity contribution in [1.82, 2.24) is 15.3 Å². The Kier molecular flexibility index (Phi) is 6.49. The second-order valence-electron chi connectivity index (χ2n) is 5.40. The van der Waals surface area contributed by atoms with Gasteiger partial charge in [-0.2, -0.15) is 0 Å². The molecule has 128 valence electrons. The molecule has 24 heavy (non-hydrogen) atoms. The van der Waals surface area contributed by atoms with Gasteiger partial charge in [0.1, 0.15) is 23.2 Å². The van der Waals surface area contributed by atoms with E-state index in [0.29, 0.717) is 23.9 Å². The Bertz CT molecular complexity index is 724. The third-order valence-corrected chi connectivity index (χ3v) is 3.62. The minimum absolute atomic E-state index is 0.0136. The first-order chi connectivity index (χ1) is 11.5. The molecule has 1 amide bonds. The lowest BCUT2D eigenvalue weighted by Gasteiger charge is -2.09. The molecule has 0 fully saturated rings. The highest BCUT2D eigenvalue weighted by atomic mass is 35.5. The lowest BCUT2D eigenvalue weighted by Crippen LogP contribution is -2.25. The Hall–Kier alpha value is -2.21. The van der Waals surface area contributed by atoms with Crippen LogP contribution in [0.4, 0.5) is 15.9 Å². The molecule has 7 heteroatoms. The van der Waals surface area contributed by atoms with Gasteiger partial charge in [0.2, 0.25) is 0 Å². The standard InChI is InChI=1S/C17H20ClFN4O/c1-3-4-5-8-20-17(24)15-10-16(22-11(2)21-15)23-12-6-7-14(19)13(18)9-12/h6-7,9-10H,3-5,8H2,1-2H3,(H,20,24)(H,21,22,23). The smallest absolute Gasteiger partial charge is 0.270 e. The van der Waals surface area contributed by atoms with Crippen LogP contribution in [0.2, 0.25) is 5.02 Å². The van der Waals surface area contributed by atoms with E-state index in [1.165, 1.54) is 12.1 Å². The second-order valence-corrected chi connectivity index (χ2v) is 5.81. The first kappa shape index (κ1) is 18.1. The van der Waals surface area contributed by atoms with Gasteiger partial charge in [0.05, 0.1) is 5.02 Å². The molecule has 0 aliphatic rings. The molecule has 0 aliphatic heterocycles. The molecule has 5 nitrogen and oxygen atoms in total. The van der Waals surface area contributed by atoms with Crippen LogP contribution in [0, 0.1) is 12.7 Å². The van der Waals surface area contributed by atoms with E-state index in [9.17, 15) is 9.18 Å². The maximum Gasteiger partial charge on any atom is 0.270 e. The van der Waals surface area contributed by atoms with Gasteiger partial charge in [-0.25, -0.2) is 14.4 Å². The molecule has 0 atom stereocenters. The average molecular weight is 351 g/mol. The monoisotopic (exact) mass is 350 g/mol. The van der Waals surface area contributed by atoms with Crippen molar-refractivity contribution >= 4 is 29.0 Å². The highest BCUT2D eigenvalue weighted by molar-refractivity contribution is 6.31. The van der Waals surface area contributed by atoms with E-state index < -0.39 is 5.82 Å². The van der Waals surface area contributed by atoms with Gasteiger partial charge >= 0.3 is 0 Å². The van der Waals surface area contributed by atoms with Crippen molar-refractivity contribution in [2.24, 2.45) is 0 Å². The number of nitrogens with one attached hydrogen (secondary N) is 2. The van der Waals surface area contributed by atoms with Gasteiger partial charge in [-0.05, 0) is 31.5 Å². The molecule has 0 saturated heterocycles. The zero-order valence-corrected chi connectivity index (χ0v) is 14.5. The maximum atomic E-state index is 13.2. The van der Waals surface area contributed by atoms with E-state index in [0.717, 1.165) is 19.3 Å². The summed E-state index contributed by atoms with van der Waals surface area (Å²) in [6, 6.07) is 5.82. The number of unbranched alkanes of at least 4 members (excludes halogenated alkanes) is 2. The van der Waals surface area contributed by atoms with Crippen LogP contribution in [-0.2, 0) is 0 Å². The molecule has 2 aromatic rings. The lowest BCUT2D eigenvalue weighted by atomic mass is 10.2. The van der Waals surface area contributed by atoms with Crippen molar-refractivity contribution in [3.8, 4) is 0 Å². The SMILES string of the molecule is CCCCCNC(=O)c1cc(Nc2ccc(F)c(Cl)c2)nc(C)n1. The molecule has 0 spiro atoms. The van der Waals surface area contributed by atoms with Crippen LogP contribution in [0.15, 0.2) is 24.3 Å². The first-order valence-electron chi connectivity index (χ1n) is 7.85. The molecule has 0 unspecified atom stereocenters. The van der Waals surface area contributed by atoms with Crippen LogP contribution in [0.1, 0.15) is 42.5 Å². The Balaban J connectivity index is 2.10. The van der Waals surface area contributed by atoms with Crippen molar-refractivity contribution in [1.29, 1.82) is 0 Å². The molecule has 0 saturated carbocycles. The molecule has 0 aliphatic carbocycles. The van der Waals surface area contributed by atoms with Gasteiger partial charge in [-0.3, -0.25) is 4.79 Å². The number of nitrogens with zero attached hydrogens (tertiary/aromatic N) is 2. The zero-order valence-electron chi connectivity index (χ0n) is 13.7. The topological polar surface area (TPSA) is 66.9 Å². The number of rotatable bonds is 7. The van der Waals surface area contributed by atoms with Gasteiger partial charge < -0.3 is 10.6 Å². The summed E-state index contributed by atoms with van der Waals surface area (Å²) in [4.78, 5) is 20.6. The predicted octanol–water partition coefficient (Wildman–Crippen LogP) is 4.24. The molecule has 2 rings (SSSR count). The molecule has 1 aromatic heterocycles. The number of carbonyl (C=O) groups excluding carboxylic acids is 1. The fraction of sp³-hybridized carbons (Fsp3) is 0.353. The summed E-state index contributed by atoms with van der Waals surface area (Å²) in [5.74, 6) is 0.181. The van der Waals surface area contributed by atoms with Crippen LogP contribution in [0.5, 0.6) is 0 Å². The predicted molar refractivity (Wildman–Crippen MR) is 93.3 cm³/mol. The van der Waals surface area contributed by atoms with E-state index in [-0.39, 0.29) is 16.6 Å². The fourth-order valence-electron chi connectivity index (χ4n) is 2.14. The van der Waals surface area contributed by atoms with Crippen LogP contribution in [0.3, 0.4) is 0 Å². The van der Waals surface area contributed by atoms with Crippen molar-refractivity contribution in [2.75, 3.05) is 11.9 Å². The number of aromatic nitrogens is 2.